The second kappa shape index (κ2) is 6.67. The van der Waals surface area contributed by atoms with E-state index in [2.05, 4.69) is 0 Å². The largest absolute Gasteiger partial charge is 0.465 e. The maximum atomic E-state index is 13.3. The SMILES string of the molecule is COC(=O)c1cc2cc3c(cc2cc1C(=O)OC)CC1(C3)C(=O)N(C)c2ccccc21. The Balaban J connectivity index is 1.67. The smallest absolute Gasteiger partial charge is 0.338 e. The first-order chi connectivity index (χ1) is 14.9. The molecule has 1 aliphatic carbocycles. The number of hydrogen-bond acceptors (Lipinski definition) is 5. The number of carbonyl (C=O) groups is 3. The maximum Gasteiger partial charge on any atom is 0.338 e. The minimum Gasteiger partial charge on any atom is -0.465 e. The van der Waals surface area contributed by atoms with Crippen molar-refractivity contribution in [3.8, 4) is 0 Å². The molecule has 6 heteroatoms. The van der Waals surface area contributed by atoms with Gasteiger partial charge in [-0.3, -0.25) is 4.79 Å². The Kier molecular flexibility index (Phi) is 4.15. The van der Waals surface area contributed by atoms with Crippen LogP contribution in [0.25, 0.3) is 10.8 Å². The summed E-state index contributed by atoms with van der Waals surface area (Å²) in [6, 6.07) is 15.3. The zero-order valence-corrected chi connectivity index (χ0v) is 17.5. The molecule has 1 spiro atoms. The standard InChI is InChI=1S/C25H21NO5/c1-26-21-7-5-4-6-20(21)25(24(26)29)12-16-8-14-10-18(22(27)30-2)19(23(28)31-3)11-15(14)9-17(16)13-25/h4-11H,12-13H2,1-3H3. The van der Waals surface area contributed by atoms with Gasteiger partial charge in [-0.05, 0) is 58.5 Å². The molecule has 0 bridgehead atoms. The summed E-state index contributed by atoms with van der Waals surface area (Å²) in [5.41, 5.74) is 3.87. The van der Waals surface area contributed by atoms with Crippen molar-refractivity contribution in [3.05, 3.63) is 76.3 Å². The molecule has 6 nitrogen and oxygen atoms in total. The molecule has 1 aliphatic heterocycles. The Hall–Kier alpha value is -3.67. The van der Waals surface area contributed by atoms with Crippen molar-refractivity contribution in [2.75, 3.05) is 26.2 Å². The molecule has 0 aromatic heterocycles. The molecule has 0 fully saturated rings. The van der Waals surface area contributed by atoms with Crippen LogP contribution in [0.5, 0.6) is 0 Å². The molecule has 156 valence electrons. The molecule has 0 atom stereocenters. The first-order valence-electron chi connectivity index (χ1n) is 10.0. The monoisotopic (exact) mass is 415 g/mol. The number of para-hydroxylation sites is 1. The van der Waals surface area contributed by atoms with E-state index in [4.69, 9.17) is 9.47 Å². The van der Waals surface area contributed by atoms with Crippen molar-refractivity contribution in [1.82, 2.24) is 0 Å². The summed E-state index contributed by atoms with van der Waals surface area (Å²) in [5.74, 6) is -1.10. The summed E-state index contributed by atoms with van der Waals surface area (Å²) in [6.07, 6.45) is 1.20. The third-order valence-corrected chi connectivity index (χ3v) is 6.59. The molecule has 0 saturated heterocycles. The molecular formula is C25H21NO5. The molecule has 2 aliphatic rings. The Morgan fingerprint density at radius 3 is 1.90 bits per heavy atom. The molecule has 3 aromatic rings. The van der Waals surface area contributed by atoms with E-state index in [0.29, 0.717) is 12.8 Å². The Bertz CT molecular complexity index is 1230. The summed E-state index contributed by atoms with van der Waals surface area (Å²) in [6.45, 7) is 0. The molecule has 0 N–H and O–H groups in total. The number of methoxy groups -OCH3 is 2. The minimum atomic E-state index is -0.610. The fraction of sp³-hybridized carbons (Fsp3) is 0.240. The number of nitrogens with zero attached hydrogens (tertiary/aromatic N) is 1. The number of fused-ring (bicyclic) bond motifs is 4. The van der Waals surface area contributed by atoms with Crippen molar-refractivity contribution < 1.29 is 23.9 Å². The number of ether oxygens (including phenoxy) is 2. The van der Waals surface area contributed by atoms with Crippen LogP contribution in [0.1, 0.15) is 37.4 Å². The minimum absolute atomic E-state index is 0.0967. The molecular weight excluding hydrogens is 394 g/mol. The van der Waals surface area contributed by atoms with Gasteiger partial charge < -0.3 is 14.4 Å². The van der Waals surface area contributed by atoms with Crippen LogP contribution < -0.4 is 4.90 Å². The second-order valence-electron chi connectivity index (χ2n) is 8.17. The summed E-state index contributed by atoms with van der Waals surface area (Å²) in [4.78, 5) is 39.6. The Labute approximate surface area is 179 Å². The van der Waals surface area contributed by atoms with Crippen LogP contribution in [0.2, 0.25) is 0 Å². The third kappa shape index (κ3) is 2.61. The average Bonchev–Trinajstić information content (AvgIpc) is 3.27. The van der Waals surface area contributed by atoms with Crippen molar-refractivity contribution in [1.29, 1.82) is 0 Å². The van der Waals surface area contributed by atoms with E-state index in [1.807, 2.05) is 43.4 Å². The van der Waals surface area contributed by atoms with Crippen LogP contribution in [-0.4, -0.2) is 39.1 Å². The molecule has 1 heterocycles. The van der Waals surface area contributed by atoms with Crippen molar-refractivity contribution >= 4 is 34.3 Å². The van der Waals surface area contributed by atoms with Crippen molar-refractivity contribution in [2.24, 2.45) is 0 Å². The normalized spacial score (nSPS) is 15.8. The fourth-order valence-electron chi connectivity index (χ4n) is 5.10. The summed E-state index contributed by atoms with van der Waals surface area (Å²) >= 11 is 0. The van der Waals surface area contributed by atoms with Gasteiger partial charge in [-0.1, -0.05) is 30.3 Å². The van der Waals surface area contributed by atoms with E-state index < -0.39 is 17.4 Å². The highest BCUT2D eigenvalue weighted by molar-refractivity contribution is 6.10. The van der Waals surface area contributed by atoms with Gasteiger partial charge in [0.05, 0.1) is 30.8 Å². The molecule has 0 saturated carbocycles. The van der Waals surface area contributed by atoms with Gasteiger partial charge in [0, 0.05) is 12.7 Å². The number of esters is 2. The van der Waals surface area contributed by atoms with Gasteiger partial charge >= 0.3 is 11.9 Å². The van der Waals surface area contributed by atoms with Gasteiger partial charge in [0.2, 0.25) is 5.91 Å². The zero-order chi connectivity index (χ0) is 21.9. The van der Waals surface area contributed by atoms with Crippen LogP contribution in [0.4, 0.5) is 5.69 Å². The molecule has 0 unspecified atom stereocenters. The van der Waals surface area contributed by atoms with Crippen molar-refractivity contribution in [2.45, 2.75) is 18.3 Å². The topological polar surface area (TPSA) is 72.9 Å². The lowest BCUT2D eigenvalue weighted by atomic mass is 9.79. The summed E-state index contributed by atoms with van der Waals surface area (Å²) in [5, 5.41) is 1.63. The molecule has 31 heavy (non-hydrogen) atoms. The fourth-order valence-corrected chi connectivity index (χ4v) is 5.10. The molecule has 3 aromatic carbocycles. The van der Waals surface area contributed by atoms with Gasteiger partial charge in [0.15, 0.2) is 0 Å². The van der Waals surface area contributed by atoms with E-state index in [0.717, 1.165) is 33.2 Å². The van der Waals surface area contributed by atoms with Crippen LogP contribution in [0.15, 0.2) is 48.5 Å². The number of likely N-dealkylation sites (N-methyl/N-ethyl adjacent to an activating group) is 1. The number of benzene rings is 3. The summed E-state index contributed by atoms with van der Waals surface area (Å²) in [7, 11) is 4.38. The van der Waals surface area contributed by atoms with Crippen LogP contribution in [0, 0.1) is 0 Å². The number of hydrogen-bond donors (Lipinski definition) is 0. The van der Waals surface area contributed by atoms with Gasteiger partial charge in [-0.2, -0.15) is 0 Å². The van der Waals surface area contributed by atoms with Gasteiger partial charge in [0.1, 0.15) is 0 Å². The molecule has 5 rings (SSSR count). The lowest BCUT2D eigenvalue weighted by Gasteiger charge is -2.21. The second-order valence-corrected chi connectivity index (χ2v) is 8.17. The Morgan fingerprint density at radius 2 is 1.39 bits per heavy atom. The van der Waals surface area contributed by atoms with E-state index in [1.165, 1.54) is 14.2 Å². The first-order valence-corrected chi connectivity index (χ1v) is 10.0. The van der Waals surface area contributed by atoms with E-state index in [1.54, 1.807) is 17.0 Å². The molecule has 1 amide bonds. The van der Waals surface area contributed by atoms with E-state index >= 15 is 0 Å². The number of anilines is 1. The van der Waals surface area contributed by atoms with Crippen LogP contribution >= 0.6 is 0 Å². The lowest BCUT2D eigenvalue weighted by molar-refractivity contribution is -0.122. The number of carbonyl (C=O) groups excluding carboxylic acids is 3. The predicted octanol–water partition coefficient (Wildman–Crippen LogP) is 3.43. The highest BCUT2D eigenvalue weighted by Gasteiger charge is 2.52. The van der Waals surface area contributed by atoms with Crippen molar-refractivity contribution in [3.63, 3.8) is 0 Å². The number of rotatable bonds is 2. The highest BCUT2D eigenvalue weighted by atomic mass is 16.5. The Morgan fingerprint density at radius 1 is 0.871 bits per heavy atom. The molecule has 0 radical (unpaired) electrons. The first kappa shape index (κ1) is 19.3. The lowest BCUT2D eigenvalue weighted by Crippen LogP contribution is -2.39. The highest BCUT2D eigenvalue weighted by Crippen LogP contribution is 2.50. The van der Waals surface area contributed by atoms with E-state index in [9.17, 15) is 14.4 Å². The van der Waals surface area contributed by atoms with Gasteiger partial charge in [-0.15, -0.1) is 0 Å². The van der Waals surface area contributed by atoms with Crippen LogP contribution in [-0.2, 0) is 32.5 Å². The average molecular weight is 415 g/mol. The van der Waals surface area contributed by atoms with Gasteiger partial charge in [0.25, 0.3) is 0 Å². The zero-order valence-electron chi connectivity index (χ0n) is 17.5. The number of amides is 1. The van der Waals surface area contributed by atoms with Gasteiger partial charge in [-0.25, -0.2) is 9.59 Å². The van der Waals surface area contributed by atoms with E-state index in [-0.39, 0.29) is 17.0 Å². The maximum absolute atomic E-state index is 13.3. The predicted molar refractivity (Wildman–Crippen MR) is 116 cm³/mol. The summed E-state index contributed by atoms with van der Waals surface area (Å²) < 4.78 is 9.71. The quantitative estimate of drug-likeness (QED) is 0.600. The van der Waals surface area contributed by atoms with Crippen LogP contribution in [0.3, 0.4) is 0 Å². The third-order valence-electron chi connectivity index (χ3n) is 6.59.